The third-order valence-corrected chi connectivity index (χ3v) is 3.50. The molecule has 0 aromatic heterocycles. The van der Waals surface area contributed by atoms with Crippen molar-refractivity contribution in [1.82, 2.24) is 0 Å². The first-order valence-electron chi connectivity index (χ1n) is 4.48. The number of hydrogen-bond donors (Lipinski definition) is 2. The first kappa shape index (κ1) is 14.2. The highest BCUT2D eigenvalue weighted by molar-refractivity contribution is 9.10. The molecule has 0 amide bonds. The van der Waals surface area contributed by atoms with E-state index >= 15 is 0 Å². The highest BCUT2D eigenvalue weighted by Crippen LogP contribution is 2.29. The van der Waals surface area contributed by atoms with Crippen molar-refractivity contribution in [3.63, 3.8) is 0 Å². The molecule has 1 rings (SSSR count). The number of nitrogens with two attached hydrogens (primary N) is 1. The van der Waals surface area contributed by atoms with Crippen LogP contribution in [0.2, 0.25) is 0 Å². The Labute approximate surface area is 113 Å². The number of allylic oxidation sites excluding steroid dienone is 1. The number of para-hydroxylation sites is 1. The molecule has 0 saturated carbocycles. The zero-order valence-corrected chi connectivity index (χ0v) is 11.3. The van der Waals surface area contributed by atoms with Gasteiger partial charge in [-0.1, -0.05) is 6.07 Å². The van der Waals surface area contributed by atoms with Crippen molar-refractivity contribution in [2.45, 2.75) is 4.90 Å². The van der Waals surface area contributed by atoms with Crippen LogP contribution in [0.1, 0.15) is 0 Å². The van der Waals surface area contributed by atoms with E-state index in [2.05, 4.69) is 21.2 Å². The van der Waals surface area contributed by atoms with Crippen LogP contribution < -0.4 is 10.5 Å². The fraction of sp³-hybridized carbons (Fsp3) is 0. The molecule has 0 fully saturated rings. The number of halogens is 1. The molecule has 3 N–H and O–H groups in total. The van der Waals surface area contributed by atoms with Gasteiger partial charge in [0.05, 0.1) is 5.69 Å². The maximum absolute atomic E-state index is 11.4. The van der Waals surface area contributed by atoms with Gasteiger partial charge in [-0.05, 0) is 28.1 Å². The normalized spacial score (nSPS) is 10.0. The van der Waals surface area contributed by atoms with Crippen molar-refractivity contribution >= 4 is 31.6 Å². The van der Waals surface area contributed by atoms with Gasteiger partial charge in [-0.2, -0.15) is 10.5 Å². The molecule has 0 radical (unpaired) electrons. The van der Waals surface area contributed by atoms with E-state index in [1.807, 2.05) is 0 Å². The zero-order valence-electron chi connectivity index (χ0n) is 8.88. The summed E-state index contributed by atoms with van der Waals surface area (Å²) in [4.78, 5) is -0.136. The SMILES string of the molecule is N#CC(C#N)=CNc1c(Br)cccc1S(N)(=O)=O. The van der Waals surface area contributed by atoms with Crippen LogP contribution in [0, 0.1) is 22.7 Å². The highest BCUT2D eigenvalue weighted by Gasteiger charge is 2.15. The summed E-state index contributed by atoms with van der Waals surface area (Å²) in [5, 5.41) is 24.8. The number of anilines is 1. The molecule has 0 bridgehead atoms. The van der Waals surface area contributed by atoms with Crippen molar-refractivity contribution < 1.29 is 8.42 Å². The van der Waals surface area contributed by atoms with Gasteiger partial charge < -0.3 is 5.32 Å². The van der Waals surface area contributed by atoms with Gasteiger partial charge in [-0.25, -0.2) is 13.6 Å². The summed E-state index contributed by atoms with van der Waals surface area (Å²) in [7, 11) is -3.90. The van der Waals surface area contributed by atoms with Crippen LogP contribution in [-0.2, 0) is 10.0 Å². The predicted octanol–water partition coefficient (Wildman–Crippen LogP) is 1.44. The van der Waals surface area contributed by atoms with Gasteiger partial charge in [0.2, 0.25) is 10.0 Å². The van der Waals surface area contributed by atoms with Crippen LogP contribution >= 0.6 is 15.9 Å². The molecular formula is C10H7BrN4O2S. The third-order valence-electron chi connectivity index (χ3n) is 1.88. The van der Waals surface area contributed by atoms with Crippen molar-refractivity contribution in [2.24, 2.45) is 5.14 Å². The minimum Gasteiger partial charge on any atom is -0.358 e. The van der Waals surface area contributed by atoms with E-state index in [4.69, 9.17) is 15.7 Å². The monoisotopic (exact) mass is 326 g/mol. The Kier molecular flexibility index (Phi) is 4.45. The minimum absolute atomic E-state index is 0.136. The summed E-state index contributed by atoms with van der Waals surface area (Å²) in [6.07, 6.45) is 1.11. The summed E-state index contributed by atoms with van der Waals surface area (Å²) < 4.78 is 23.2. The van der Waals surface area contributed by atoms with Crippen LogP contribution in [0.3, 0.4) is 0 Å². The lowest BCUT2D eigenvalue weighted by atomic mass is 10.3. The van der Waals surface area contributed by atoms with Gasteiger partial charge in [-0.3, -0.25) is 0 Å². The molecule has 0 saturated heterocycles. The Morgan fingerprint density at radius 2 is 2.00 bits per heavy atom. The largest absolute Gasteiger partial charge is 0.358 e. The third kappa shape index (κ3) is 3.31. The van der Waals surface area contributed by atoms with Crippen LogP contribution in [0.4, 0.5) is 5.69 Å². The molecule has 1 aromatic carbocycles. The first-order chi connectivity index (χ1) is 8.40. The standard InChI is InChI=1S/C10H7BrN4O2S/c11-8-2-1-3-9(18(14,16)17)10(8)15-6-7(4-12)5-13/h1-3,6,15H,(H2,14,16,17). The molecule has 0 aliphatic heterocycles. The Hall–Kier alpha value is -1.87. The van der Waals surface area contributed by atoms with Gasteiger partial charge in [0.25, 0.3) is 0 Å². The van der Waals surface area contributed by atoms with Gasteiger partial charge in [0, 0.05) is 10.7 Å². The Morgan fingerprint density at radius 1 is 1.39 bits per heavy atom. The van der Waals surface area contributed by atoms with Crippen molar-refractivity contribution in [3.8, 4) is 12.1 Å². The summed E-state index contributed by atoms with van der Waals surface area (Å²) in [6, 6.07) is 7.71. The van der Waals surface area contributed by atoms with E-state index in [0.29, 0.717) is 4.47 Å². The number of primary sulfonamides is 1. The smallest absolute Gasteiger partial charge is 0.240 e. The molecule has 0 aliphatic carbocycles. The fourth-order valence-electron chi connectivity index (χ4n) is 1.12. The molecule has 8 heteroatoms. The average Bonchev–Trinajstić information content (AvgIpc) is 2.30. The maximum atomic E-state index is 11.4. The molecule has 0 unspecified atom stereocenters. The number of nitrogens with one attached hydrogen (secondary N) is 1. The van der Waals surface area contributed by atoms with E-state index in [-0.39, 0.29) is 16.2 Å². The maximum Gasteiger partial charge on any atom is 0.240 e. The van der Waals surface area contributed by atoms with Gasteiger partial charge in [0.15, 0.2) is 0 Å². The Morgan fingerprint density at radius 3 is 2.50 bits per heavy atom. The molecule has 6 nitrogen and oxygen atoms in total. The highest BCUT2D eigenvalue weighted by atomic mass is 79.9. The Balaban J connectivity index is 3.31. The molecule has 1 aromatic rings. The topological polar surface area (TPSA) is 120 Å². The number of benzene rings is 1. The summed E-state index contributed by atoms with van der Waals surface area (Å²) in [5.41, 5.74) is -0.0193. The predicted molar refractivity (Wildman–Crippen MR) is 68.4 cm³/mol. The molecule has 0 heterocycles. The van der Waals surface area contributed by atoms with Crippen LogP contribution in [0.15, 0.2) is 39.3 Å². The zero-order chi connectivity index (χ0) is 13.8. The van der Waals surface area contributed by atoms with Crippen molar-refractivity contribution in [3.05, 3.63) is 34.4 Å². The number of nitrogens with zero attached hydrogens (tertiary/aromatic N) is 2. The lowest BCUT2D eigenvalue weighted by Gasteiger charge is -2.09. The van der Waals surface area contributed by atoms with Gasteiger partial charge in [-0.15, -0.1) is 0 Å². The van der Waals surface area contributed by atoms with Crippen molar-refractivity contribution in [2.75, 3.05) is 5.32 Å². The van der Waals surface area contributed by atoms with E-state index in [1.54, 1.807) is 18.2 Å². The average molecular weight is 327 g/mol. The molecule has 0 atom stereocenters. The minimum atomic E-state index is -3.90. The second-order valence-corrected chi connectivity index (χ2v) is 5.47. The quantitative estimate of drug-likeness (QED) is 0.814. The van der Waals surface area contributed by atoms with Gasteiger partial charge in [0.1, 0.15) is 22.6 Å². The second-order valence-electron chi connectivity index (χ2n) is 3.08. The van der Waals surface area contributed by atoms with Crippen LogP contribution in [0.5, 0.6) is 0 Å². The molecular weight excluding hydrogens is 320 g/mol. The van der Waals surface area contributed by atoms with E-state index in [0.717, 1.165) is 6.20 Å². The van der Waals surface area contributed by atoms with Crippen molar-refractivity contribution in [1.29, 1.82) is 10.5 Å². The summed E-state index contributed by atoms with van der Waals surface area (Å²) in [5.74, 6) is 0. The number of sulfonamides is 1. The molecule has 92 valence electrons. The number of nitriles is 2. The Bertz CT molecular complexity index is 667. The molecule has 0 aliphatic rings. The van der Waals surface area contributed by atoms with Gasteiger partial charge >= 0.3 is 0 Å². The van der Waals surface area contributed by atoms with E-state index in [9.17, 15) is 8.42 Å². The number of rotatable bonds is 3. The lowest BCUT2D eigenvalue weighted by Crippen LogP contribution is -2.14. The summed E-state index contributed by atoms with van der Waals surface area (Å²) >= 11 is 3.16. The first-order valence-corrected chi connectivity index (χ1v) is 6.82. The van der Waals surface area contributed by atoms with Crippen LogP contribution in [-0.4, -0.2) is 8.42 Å². The lowest BCUT2D eigenvalue weighted by molar-refractivity contribution is 0.598. The van der Waals surface area contributed by atoms with E-state index in [1.165, 1.54) is 12.1 Å². The number of hydrogen-bond acceptors (Lipinski definition) is 5. The fourth-order valence-corrected chi connectivity index (χ4v) is 2.45. The van der Waals surface area contributed by atoms with E-state index < -0.39 is 10.0 Å². The second kappa shape index (κ2) is 5.65. The van der Waals surface area contributed by atoms with Crippen LogP contribution in [0.25, 0.3) is 0 Å². The summed E-state index contributed by atoms with van der Waals surface area (Å²) in [6.45, 7) is 0. The molecule has 0 spiro atoms. The molecule has 18 heavy (non-hydrogen) atoms.